The van der Waals surface area contributed by atoms with Crippen LogP contribution in [0.1, 0.15) is 59.3 Å². The van der Waals surface area contributed by atoms with Gasteiger partial charge in [-0.15, -0.1) is 0 Å². The average molecular weight is 172 g/mol. The number of rotatable bonds is 7. The molecule has 0 aliphatic heterocycles. The molecule has 0 aromatic carbocycles. The first-order valence-electron chi connectivity index (χ1n) is 5.44. The molecule has 0 bridgehead atoms. The number of aliphatic hydroxyl groups excluding tert-OH is 1. The minimum Gasteiger partial charge on any atom is -0.393 e. The fraction of sp³-hybridized carbons (Fsp3) is 1.00. The van der Waals surface area contributed by atoms with Gasteiger partial charge in [0.25, 0.3) is 0 Å². The summed E-state index contributed by atoms with van der Waals surface area (Å²) in [5.41, 5.74) is 0. The third-order valence-electron chi connectivity index (χ3n) is 2.58. The van der Waals surface area contributed by atoms with Crippen molar-refractivity contribution in [3.8, 4) is 0 Å². The van der Waals surface area contributed by atoms with Crippen molar-refractivity contribution in [3.05, 3.63) is 0 Å². The summed E-state index contributed by atoms with van der Waals surface area (Å²) >= 11 is 0. The summed E-state index contributed by atoms with van der Waals surface area (Å²) in [5.74, 6) is 0.546. The van der Waals surface area contributed by atoms with E-state index in [-0.39, 0.29) is 6.10 Å². The van der Waals surface area contributed by atoms with E-state index in [1.165, 1.54) is 19.3 Å². The third-order valence-corrected chi connectivity index (χ3v) is 2.58. The Morgan fingerprint density at radius 1 is 1.00 bits per heavy atom. The second-order valence-electron chi connectivity index (χ2n) is 3.67. The van der Waals surface area contributed by atoms with Crippen LogP contribution in [-0.4, -0.2) is 11.2 Å². The Morgan fingerprint density at radius 3 is 2.08 bits per heavy atom. The first-order valence-corrected chi connectivity index (χ1v) is 5.44. The number of unbranched alkanes of at least 4 members (excludes halogenated alkanes) is 1. The van der Waals surface area contributed by atoms with E-state index in [0.29, 0.717) is 5.92 Å². The third kappa shape index (κ3) is 4.76. The van der Waals surface area contributed by atoms with Crippen LogP contribution in [0.25, 0.3) is 0 Å². The smallest absolute Gasteiger partial charge is 0.0568 e. The van der Waals surface area contributed by atoms with Crippen molar-refractivity contribution in [2.75, 3.05) is 0 Å². The summed E-state index contributed by atoms with van der Waals surface area (Å²) in [5, 5.41) is 9.74. The lowest BCUT2D eigenvalue weighted by Crippen LogP contribution is -2.19. The lowest BCUT2D eigenvalue weighted by Gasteiger charge is -2.20. The molecule has 1 N–H and O–H groups in total. The van der Waals surface area contributed by atoms with Gasteiger partial charge in [-0.3, -0.25) is 0 Å². The molecule has 2 atom stereocenters. The highest BCUT2D eigenvalue weighted by Crippen LogP contribution is 2.19. The second kappa shape index (κ2) is 7.60. The van der Waals surface area contributed by atoms with E-state index in [1.807, 2.05) is 0 Å². The van der Waals surface area contributed by atoms with E-state index in [4.69, 9.17) is 0 Å². The summed E-state index contributed by atoms with van der Waals surface area (Å²) < 4.78 is 0. The van der Waals surface area contributed by atoms with Crippen LogP contribution in [0.15, 0.2) is 0 Å². The molecule has 1 heteroatoms. The van der Waals surface area contributed by atoms with Crippen molar-refractivity contribution in [2.45, 2.75) is 65.4 Å². The van der Waals surface area contributed by atoms with Gasteiger partial charge in [0.1, 0.15) is 0 Å². The van der Waals surface area contributed by atoms with E-state index in [9.17, 15) is 5.11 Å². The SMILES string of the molecule is CCCC[C@H](CC)[C@@H](O)CCC. The van der Waals surface area contributed by atoms with Gasteiger partial charge in [-0.2, -0.15) is 0 Å². The van der Waals surface area contributed by atoms with Crippen molar-refractivity contribution in [2.24, 2.45) is 5.92 Å². The summed E-state index contributed by atoms with van der Waals surface area (Å²) in [6.45, 7) is 6.52. The Kier molecular flexibility index (Phi) is 7.58. The van der Waals surface area contributed by atoms with Crippen LogP contribution in [0.3, 0.4) is 0 Å². The zero-order valence-electron chi connectivity index (χ0n) is 8.84. The van der Waals surface area contributed by atoms with Crippen LogP contribution < -0.4 is 0 Å². The molecule has 1 nitrogen and oxygen atoms in total. The Hall–Kier alpha value is -0.0400. The van der Waals surface area contributed by atoms with Crippen molar-refractivity contribution in [1.29, 1.82) is 0 Å². The highest BCUT2D eigenvalue weighted by Gasteiger charge is 2.15. The van der Waals surface area contributed by atoms with Crippen molar-refractivity contribution >= 4 is 0 Å². The molecule has 0 heterocycles. The number of hydrogen-bond donors (Lipinski definition) is 1. The molecule has 0 aliphatic carbocycles. The maximum absolute atomic E-state index is 9.74. The Balaban J connectivity index is 3.62. The first kappa shape index (κ1) is 12.0. The Labute approximate surface area is 77.2 Å². The van der Waals surface area contributed by atoms with Gasteiger partial charge in [0.05, 0.1) is 6.10 Å². The van der Waals surface area contributed by atoms with Gasteiger partial charge < -0.3 is 5.11 Å². The molecule has 0 aliphatic rings. The monoisotopic (exact) mass is 172 g/mol. The Bertz CT molecular complexity index is 91.0. The fourth-order valence-corrected chi connectivity index (χ4v) is 1.67. The molecule has 12 heavy (non-hydrogen) atoms. The highest BCUT2D eigenvalue weighted by molar-refractivity contribution is 4.66. The average Bonchev–Trinajstić information content (AvgIpc) is 2.06. The lowest BCUT2D eigenvalue weighted by molar-refractivity contribution is 0.0896. The van der Waals surface area contributed by atoms with Gasteiger partial charge in [0.15, 0.2) is 0 Å². The van der Waals surface area contributed by atoms with Crippen LogP contribution in [0.2, 0.25) is 0 Å². The summed E-state index contributed by atoms with van der Waals surface area (Å²) in [6.07, 6.45) is 6.86. The van der Waals surface area contributed by atoms with Crippen LogP contribution >= 0.6 is 0 Å². The molecule has 0 saturated heterocycles. The molecule has 0 spiro atoms. The second-order valence-corrected chi connectivity index (χ2v) is 3.67. The molecule has 0 rings (SSSR count). The summed E-state index contributed by atoms with van der Waals surface area (Å²) in [6, 6.07) is 0. The molecular formula is C11H24O. The highest BCUT2D eigenvalue weighted by atomic mass is 16.3. The molecule has 0 saturated carbocycles. The standard InChI is InChI=1S/C11H24O/c1-4-7-9-10(6-3)11(12)8-5-2/h10-12H,4-9H2,1-3H3/t10-,11-/m0/s1. The van der Waals surface area contributed by atoms with Gasteiger partial charge in [-0.1, -0.05) is 46.5 Å². The molecule has 74 valence electrons. The maximum atomic E-state index is 9.74. The molecule has 0 radical (unpaired) electrons. The van der Waals surface area contributed by atoms with Gasteiger partial charge >= 0.3 is 0 Å². The van der Waals surface area contributed by atoms with Gasteiger partial charge in [-0.05, 0) is 18.8 Å². The predicted molar refractivity (Wildman–Crippen MR) is 54.2 cm³/mol. The zero-order valence-corrected chi connectivity index (χ0v) is 8.84. The predicted octanol–water partition coefficient (Wildman–Crippen LogP) is 3.36. The first-order chi connectivity index (χ1) is 5.76. The van der Waals surface area contributed by atoms with Crippen LogP contribution in [0.5, 0.6) is 0 Å². The van der Waals surface area contributed by atoms with Gasteiger partial charge in [-0.25, -0.2) is 0 Å². The minimum absolute atomic E-state index is 0.0495. The molecule has 0 amide bonds. The molecule has 0 aromatic rings. The van der Waals surface area contributed by atoms with E-state index < -0.39 is 0 Å². The van der Waals surface area contributed by atoms with E-state index >= 15 is 0 Å². The van der Waals surface area contributed by atoms with E-state index in [0.717, 1.165) is 19.3 Å². The van der Waals surface area contributed by atoms with Crippen molar-refractivity contribution in [3.63, 3.8) is 0 Å². The van der Waals surface area contributed by atoms with Gasteiger partial charge in [0.2, 0.25) is 0 Å². The van der Waals surface area contributed by atoms with Crippen LogP contribution in [0.4, 0.5) is 0 Å². The maximum Gasteiger partial charge on any atom is 0.0568 e. The largest absolute Gasteiger partial charge is 0.393 e. The molecule has 0 aromatic heterocycles. The van der Waals surface area contributed by atoms with Crippen molar-refractivity contribution < 1.29 is 5.11 Å². The lowest BCUT2D eigenvalue weighted by atomic mass is 9.91. The molecular weight excluding hydrogens is 148 g/mol. The number of aliphatic hydroxyl groups is 1. The molecule has 0 fully saturated rings. The summed E-state index contributed by atoms with van der Waals surface area (Å²) in [4.78, 5) is 0. The summed E-state index contributed by atoms with van der Waals surface area (Å²) in [7, 11) is 0. The van der Waals surface area contributed by atoms with E-state index in [2.05, 4.69) is 20.8 Å². The fourth-order valence-electron chi connectivity index (χ4n) is 1.67. The van der Waals surface area contributed by atoms with Crippen molar-refractivity contribution in [1.82, 2.24) is 0 Å². The van der Waals surface area contributed by atoms with Crippen LogP contribution in [0, 0.1) is 5.92 Å². The van der Waals surface area contributed by atoms with Crippen LogP contribution in [-0.2, 0) is 0 Å². The molecule has 0 unspecified atom stereocenters. The number of hydrogen-bond acceptors (Lipinski definition) is 1. The normalized spacial score (nSPS) is 16.0. The van der Waals surface area contributed by atoms with Gasteiger partial charge in [0, 0.05) is 0 Å². The Morgan fingerprint density at radius 2 is 1.67 bits per heavy atom. The zero-order chi connectivity index (χ0) is 9.40. The minimum atomic E-state index is -0.0495. The quantitative estimate of drug-likeness (QED) is 0.624. The topological polar surface area (TPSA) is 20.2 Å². The van der Waals surface area contributed by atoms with E-state index in [1.54, 1.807) is 0 Å².